The Labute approximate surface area is 168 Å². The number of nitrogens with zero attached hydrogens (tertiary/aromatic N) is 5. The molecular formula is C21H22N6O2. The predicted octanol–water partition coefficient (Wildman–Crippen LogP) is 2.72. The second-order valence-electron chi connectivity index (χ2n) is 7.33. The Morgan fingerprint density at radius 2 is 2.24 bits per heavy atom. The van der Waals surface area contributed by atoms with Gasteiger partial charge in [0.25, 0.3) is 0 Å². The number of benzene rings is 1. The number of anilines is 3. The van der Waals surface area contributed by atoms with E-state index in [0.717, 1.165) is 29.1 Å². The van der Waals surface area contributed by atoms with E-state index in [-0.39, 0.29) is 11.9 Å². The van der Waals surface area contributed by atoms with Crippen LogP contribution < -0.4 is 15.0 Å². The number of hydrogen-bond donors (Lipinski definition) is 1. The monoisotopic (exact) mass is 390 g/mol. The predicted molar refractivity (Wildman–Crippen MR) is 108 cm³/mol. The lowest BCUT2D eigenvalue weighted by Crippen LogP contribution is -2.40. The SMILES string of the molecule is CCC1Cc2cncn2CCOc2cccc(c2)Nc2ncc3c(n2)N1C(=O)C3. The van der Waals surface area contributed by atoms with Crippen LogP contribution in [0.1, 0.15) is 24.6 Å². The minimum Gasteiger partial charge on any atom is -0.492 e. The zero-order valence-corrected chi connectivity index (χ0v) is 16.2. The summed E-state index contributed by atoms with van der Waals surface area (Å²) in [6, 6.07) is 7.72. The fourth-order valence-corrected chi connectivity index (χ4v) is 3.97. The molecule has 0 saturated carbocycles. The summed E-state index contributed by atoms with van der Waals surface area (Å²) >= 11 is 0. The highest BCUT2D eigenvalue weighted by molar-refractivity contribution is 6.00. The van der Waals surface area contributed by atoms with Crippen molar-refractivity contribution in [3.05, 3.63) is 54.2 Å². The first kappa shape index (κ1) is 17.7. The van der Waals surface area contributed by atoms with Gasteiger partial charge in [-0.3, -0.25) is 9.69 Å². The van der Waals surface area contributed by atoms with Crippen LogP contribution in [0.25, 0.3) is 0 Å². The molecule has 0 spiro atoms. The smallest absolute Gasteiger partial charge is 0.233 e. The molecule has 1 atom stereocenters. The van der Waals surface area contributed by atoms with E-state index in [1.807, 2.05) is 41.7 Å². The second-order valence-corrected chi connectivity index (χ2v) is 7.33. The highest BCUT2D eigenvalue weighted by Gasteiger charge is 2.34. The number of aromatic nitrogens is 4. The van der Waals surface area contributed by atoms with Crippen molar-refractivity contribution >= 4 is 23.4 Å². The van der Waals surface area contributed by atoms with E-state index in [1.165, 1.54) is 0 Å². The lowest BCUT2D eigenvalue weighted by atomic mass is 10.1. The van der Waals surface area contributed by atoms with E-state index in [0.29, 0.717) is 37.8 Å². The number of nitrogens with one attached hydrogen (secondary N) is 1. The number of carbonyl (C=O) groups excluding carboxylic acids is 1. The number of hydrogen-bond acceptors (Lipinski definition) is 6. The first-order chi connectivity index (χ1) is 14.2. The summed E-state index contributed by atoms with van der Waals surface area (Å²) in [5.41, 5.74) is 2.79. The molecule has 8 nitrogen and oxygen atoms in total. The molecule has 3 aromatic rings. The van der Waals surface area contributed by atoms with Crippen LogP contribution >= 0.6 is 0 Å². The molecule has 1 N–H and O–H groups in total. The average Bonchev–Trinajstić information content (AvgIpc) is 3.29. The highest BCUT2D eigenvalue weighted by Crippen LogP contribution is 2.32. The van der Waals surface area contributed by atoms with E-state index in [4.69, 9.17) is 9.72 Å². The third-order valence-electron chi connectivity index (χ3n) is 5.45. The van der Waals surface area contributed by atoms with Gasteiger partial charge in [-0.25, -0.2) is 9.97 Å². The number of carbonyl (C=O) groups is 1. The van der Waals surface area contributed by atoms with Gasteiger partial charge in [-0.05, 0) is 18.6 Å². The Bertz CT molecular complexity index is 1060. The van der Waals surface area contributed by atoms with E-state index in [9.17, 15) is 4.79 Å². The normalized spacial score (nSPS) is 18.3. The maximum absolute atomic E-state index is 12.8. The van der Waals surface area contributed by atoms with Gasteiger partial charge in [-0.2, -0.15) is 4.98 Å². The molecule has 148 valence electrons. The van der Waals surface area contributed by atoms with Gasteiger partial charge in [0.05, 0.1) is 19.3 Å². The summed E-state index contributed by atoms with van der Waals surface area (Å²) in [5, 5.41) is 3.23. The molecule has 29 heavy (non-hydrogen) atoms. The van der Waals surface area contributed by atoms with E-state index in [1.54, 1.807) is 6.20 Å². The van der Waals surface area contributed by atoms with Crippen LogP contribution in [0.3, 0.4) is 0 Å². The van der Waals surface area contributed by atoms with Crippen LogP contribution in [0.4, 0.5) is 17.5 Å². The topological polar surface area (TPSA) is 85.2 Å². The second kappa shape index (κ2) is 7.20. The van der Waals surface area contributed by atoms with Crippen molar-refractivity contribution in [2.75, 3.05) is 16.8 Å². The Morgan fingerprint density at radius 1 is 1.31 bits per heavy atom. The summed E-state index contributed by atoms with van der Waals surface area (Å²) in [5.74, 6) is 2.01. The minimum absolute atomic E-state index is 0.00838. The average molecular weight is 390 g/mol. The van der Waals surface area contributed by atoms with Gasteiger partial charge in [0.1, 0.15) is 18.2 Å². The maximum atomic E-state index is 12.8. The Kier molecular flexibility index (Phi) is 4.38. The first-order valence-electron chi connectivity index (χ1n) is 9.88. The van der Waals surface area contributed by atoms with Gasteiger partial charge >= 0.3 is 0 Å². The van der Waals surface area contributed by atoms with Crippen molar-refractivity contribution in [1.82, 2.24) is 19.5 Å². The maximum Gasteiger partial charge on any atom is 0.233 e. The molecule has 2 aromatic heterocycles. The fraction of sp³-hybridized carbons (Fsp3) is 0.333. The molecule has 4 bridgehead atoms. The molecule has 2 aliphatic heterocycles. The lowest BCUT2D eigenvalue weighted by Gasteiger charge is -2.27. The lowest BCUT2D eigenvalue weighted by molar-refractivity contribution is -0.117. The van der Waals surface area contributed by atoms with Crippen LogP contribution in [0.2, 0.25) is 0 Å². The standard InChI is InChI=1S/C21H22N6O2/c1-2-16-10-17-12-22-13-26(17)6-7-29-18-5-3-4-15(9-18)24-21-23-11-14-8-19(28)27(16)20(14)25-21/h3-5,9,11-13,16H,2,6-8,10H2,1H3,(H,23,24,25). The van der Waals surface area contributed by atoms with Crippen LogP contribution in [0.5, 0.6) is 5.75 Å². The summed E-state index contributed by atoms with van der Waals surface area (Å²) in [6.07, 6.45) is 7.31. The fourth-order valence-electron chi connectivity index (χ4n) is 3.97. The van der Waals surface area contributed by atoms with E-state index in [2.05, 4.69) is 26.8 Å². The molecule has 0 aliphatic carbocycles. The van der Waals surface area contributed by atoms with Gasteiger partial charge in [0.15, 0.2) is 0 Å². The Morgan fingerprint density at radius 3 is 3.14 bits per heavy atom. The molecular weight excluding hydrogens is 368 g/mol. The summed E-state index contributed by atoms with van der Waals surface area (Å²) in [6.45, 7) is 3.32. The summed E-state index contributed by atoms with van der Waals surface area (Å²) in [7, 11) is 0. The van der Waals surface area contributed by atoms with Crippen molar-refractivity contribution in [2.24, 2.45) is 0 Å². The first-order valence-corrected chi connectivity index (χ1v) is 9.88. The molecule has 0 saturated heterocycles. The number of ether oxygens (including phenoxy) is 1. The van der Waals surface area contributed by atoms with Crippen molar-refractivity contribution < 1.29 is 9.53 Å². The van der Waals surface area contributed by atoms with Gasteiger partial charge in [-0.15, -0.1) is 0 Å². The molecule has 0 fully saturated rings. The summed E-state index contributed by atoms with van der Waals surface area (Å²) in [4.78, 5) is 28.1. The molecule has 2 aliphatic rings. The highest BCUT2D eigenvalue weighted by atomic mass is 16.5. The zero-order valence-electron chi connectivity index (χ0n) is 16.2. The van der Waals surface area contributed by atoms with Gasteiger partial charge < -0.3 is 14.6 Å². The Hall–Kier alpha value is -3.42. The van der Waals surface area contributed by atoms with Gasteiger partial charge in [0.2, 0.25) is 11.9 Å². The van der Waals surface area contributed by atoms with Gasteiger partial charge in [-0.1, -0.05) is 13.0 Å². The summed E-state index contributed by atoms with van der Waals surface area (Å²) < 4.78 is 8.03. The zero-order chi connectivity index (χ0) is 19.8. The molecule has 8 heteroatoms. The number of rotatable bonds is 1. The molecule has 1 aromatic carbocycles. The van der Waals surface area contributed by atoms with Crippen molar-refractivity contribution in [1.29, 1.82) is 0 Å². The molecule has 1 unspecified atom stereocenters. The van der Waals surface area contributed by atoms with Crippen LogP contribution in [-0.2, 0) is 24.2 Å². The number of imidazole rings is 1. The quantitative estimate of drug-likeness (QED) is 0.688. The molecule has 1 amide bonds. The van der Waals surface area contributed by atoms with Gasteiger partial charge in [0, 0.05) is 47.9 Å². The number of fused-ring (bicyclic) bond motifs is 4. The Balaban J connectivity index is 1.59. The van der Waals surface area contributed by atoms with Crippen LogP contribution in [-0.4, -0.2) is 38.1 Å². The minimum atomic E-state index is 0.00838. The van der Waals surface area contributed by atoms with Crippen molar-refractivity contribution in [3.8, 4) is 5.75 Å². The van der Waals surface area contributed by atoms with Crippen LogP contribution in [0, 0.1) is 0 Å². The van der Waals surface area contributed by atoms with Crippen molar-refractivity contribution in [3.63, 3.8) is 0 Å². The molecule has 0 radical (unpaired) electrons. The largest absolute Gasteiger partial charge is 0.492 e. The van der Waals surface area contributed by atoms with E-state index >= 15 is 0 Å². The third kappa shape index (κ3) is 3.30. The molecule has 5 rings (SSSR count). The van der Waals surface area contributed by atoms with Crippen molar-refractivity contribution in [2.45, 2.75) is 38.8 Å². The number of amides is 1. The van der Waals surface area contributed by atoms with E-state index < -0.39 is 0 Å². The van der Waals surface area contributed by atoms with Crippen LogP contribution in [0.15, 0.2) is 43.0 Å². The molecule has 4 heterocycles. The third-order valence-corrected chi connectivity index (χ3v) is 5.45.